The van der Waals surface area contributed by atoms with Crippen LogP contribution >= 0.6 is 0 Å². The van der Waals surface area contributed by atoms with Gasteiger partial charge in [0.25, 0.3) is 5.91 Å². The molecule has 0 saturated carbocycles. The summed E-state index contributed by atoms with van der Waals surface area (Å²) in [6, 6.07) is 5.70. The molecule has 0 aliphatic carbocycles. The molecule has 33 heavy (non-hydrogen) atoms. The molecule has 0 atom stereocenters. The maximum atomic E-state index is 13.4. The summed E-state index contributed by atoms with van der Waals surface area (Å²) in [7, 11) is 1.45. The summed E-state index contributed by atoms with van der Waals surface area (Å²) in [6.07, 6.45) is -4.43. The number of anilines is 1. The average Bonchev–Trinajstić information content (AvgIpc) is 3.19. The maximum Gasteiger partial charge on any atom is 0.416 e. The lowest BCUT2D eigenvalue weighted by molar-refractivity contribution is -0.138. The number of rotatable bonds is 5. The lowest BCUT2D eigenvalue weighted by Crippen LogP contribution is -2.49. The number of hydrogen-bond donors (Lipinski definition) is 0. The molecule has 1 amide bonds. The molecule has 2 aliphatic heterocycles. The van der Waals surface area contributed by atoms with Crippen molar-refractivity contribution in [1.82, 2.24) is 19.8 Å². The molecule has 0 N–H and O–H groups in total. The van der Waals surface area contributed by atoms with Crippen molar-refractivity contribution in [3.05, 3.63) is 59.1 Å². The van der Waals surface area contributed by atoms with Crippen LogP contribution in [0, 0.1) is 0 Å². The van der Waals surface area contributed by atoms with Crippen LogP contribution in [0.3, 0.4) is 0 Å². The van der Waals surface area contributed by atoms with E-state index in [0.29, 0.717) is 50.8 Å². The fourth-order valence-corrected chi connectivity index (χ4v) is 4.21. The molecule has 1 aromatic heterocycles. The number of aromatic nitrogens is 2. The Hall–Kier alpha value is -3.21. The Kier molecular flexibility index (Phi) is 6.24. The lowest BCUT2D eigenvalue weighted by atomic mass is 10.1. The molecule has 2 aliphatic rings. The summed E-state index contributed by atoms with van der Waals surface area (Å²) < 4.78 is 58.7. The normalized spacial score (nSPS) is 16.6. The van der Waals surface area contributed by atoms with Gasteiger partial charge in [0.2, 0.25) is 0 Å². The predicted molar refractivity (Wildman–Crippen MR) is 112 cm³/mol. The van der Waals surface area contributed by atoms with Crippen LogP contribution in [0.4, 0.5) is 23.4 Å². The van der Waals surface area contributed by atoms with Gasteiger partial charge in [-0.15, -0.1) is 0 Å². The Morgan fingerprint density at radius 1 is 1.12 bits per heavy atom. The molecule has 4 rings (SSSR count). The van der Waals surface area contributed by atoms with E-state index < -0.39 is 23.5 Å². The molecule has 1 aromatic carbocycles. The number of methoxy groups -OCH3 is 1. The molecule has 0 radical (unpaired) electrons. The van der Waals surface area contributed by atoms with Gasteiger partial charge in [0.15, 0.2) is 5.83 Å². The number of carbonyl (C=O) groups is 1. The first-order valence-electron chi connectivity index (χ1n) is 10.4. The highest BCUT2D eigenvalue weighted by Crippen LogP contribution is 2.36. The second-order valence-electron chi connectivity index (χ2n) is 7.94. The van der Waals surface area contributed by atoms with Gasteiger partial charge < -0.3 is 14.5 Å². The van der Waals surface area contributed by atoms with Gasteiger partial charge in [0.05, 0.1) is 18.4 Å². The highest BCUT2D eigenvalue weighted by molar-refractivity contribution is 5.90. The Bertz CT molecular complexity index is 1070. The number of benzene rings is 1. The molecule has 3 heterocycles. The van der Waals surface area contributed by atoms with Crippen molar-refractivity contribution in [3.8, 4) is 6.01 Å². The number of piperazine rings is 1. The fraction of sp³-hybridized carbons (Fsp3) is 0.409. The van der Waals surface area contributed by atoms with Crippen molar-refractivity contribution in [2.75, 3.05) is 38.2 Å². The number of nitrogens with zero attached hydrogens (tertiary/aromatic N) is 5. The largest absolute Gasteiger partial charge is 0.467 e. The number of hydrogen-bond acceptors (Lipinski definition) is 6. The van der Waals surface area contributed by atoms with E-state index in [2.05, 4.69) is 16.5 Å². The number of fused-ring (bicyclic) bond motifs is 1. The first-order valence-corrected chi connectivity index (χ1v) is 10.4. The Balaban J connectivity index is 1.54. The van der Waals surface area contributed by atoms with Crippen molar-refractivity contribution in [2.45, 2.75) is 25.8 Å². The minimum atomic E-state index is -4.43. The van der Waals surface area contributed by atoms with Gasteiger partial charge in [0.1, 0.15) is 5.82 Å². The van der Waals surface area contributed by atoms with Crippen LogP contribution in [0.15, 0.2) is 36.7 Å². The molecule has 0 unspecified atom stereocenters. The molecule has 7 nitrogen and oxygen atoms in total. The Labute approximate surface area is 188 Å². The van der Waals surface area contributed by atoms with Crippen molar-refractivity contribution < 1.29 is 27.1 Å². The third kappa shape index (κ3) is 4.77. The van der Waals surface area contributed by atoms with Gasteiger partial charge >= 0.3 is 12.2 Å². The van der Waals surface area contributed by atoms with Crippen molar-refractivity contribution in [2.24, 2.45) is 0 Å². The molecule has 1 saturated heterocycles. The van der Waals surface area contributed by atoms with E-state index in [1.54, 1.807) is 6.07 Å². The first kappa shape index (κ1) is 23.0. The van der Waals surface area contributed by atoms with Crippen molar-refractivity contribution in [3.63, 3.8) is 0 Å². The summed E-state index contributed by atoms with van der Waals surface area (Å²) in [6.45, 7) is 5.33. The smallest absolute Gasteiger partial charge is 0.416 e. The first-order chi connectivity index (χ1) is 15.7. The van der Waals surface area contributed by atoms with E-state index in [-0.39, 0.29) is 18.1 Å². The Morgan fingerprint density at radius 2 is 1.82 bits per heavy atom. The minimum absolute atomic E-state index is 0.106. The van der Waals surface area contributed by atoms with E-state index in [0.717, 1.165) is 11.6 Å². The highest BCUT2D eigenvalue weighted by Gasteiger charge is 2.35. The van der Waals surface area contributed by atoms with E-state index in [1.165, 1.54) is 24.1 Å². The van der Waals surface area contributed by atoms with Crippen molar-refractivity contribution in [1.29, 1.82) is 0 Å². The number of alkyl halides is 3. The summed E-state index contributed by atoms with van der Waals surface area (Å²) in [4.78, 5) is 26.0. The van der Waals surface area contributed by atoms with E-state index in [4.69, 9.17) is 4.74 Å². The van der Waals surface area contributed by atoms with Gasteiger partial charge in [-0.1, -0.05) is 24.8 Å². The molecule has 0 spiro atoms. The number of amides is 1. The lowest BCUT2D eigenvalue weighted by Gasteiger charge is -2.35. The molecular weight excluding hydrogens is 442 g/mol. The second-order valence-corrected chi connectivity index (χ2v) is 7.94. The van der Waals surface area contributed by atoms with Crippen LogP contribution in [0.2, 0.25) is 0 Å². The predicted octanol–water partition coefficient (Wildman–Crippen LogP) is 3.15. The van der Waals surface area contributed by atoms with Gasteiger partial charge in [-0.3, -0.25) is 9.69 Å². The van der Waals surface area contributed by atoms with Crippen LogP contribution in [0.25, 0.3) is 0 Å². The zero-order chi connectivity index (χ0) is 23.8. The van der Waals surface area contributed by atoms with E-state index >= 15 is 0 Å². The molecule has 0 bridgehead atoms. The van der Waals surface area contributed by atoms with E-state index in [9.17, 15) is 22.4 Å². The van der Waals surface area contributed by atoms with Gasteiger partial charge in [0, 0.05) is 51.4 Å². The quantitative estimate of drug-likeness (QED) is 0.500. The molecule has 2 aromatic rings. The maximum absolute atomic E-state index is 13.4. The van der Waals surface area contributed by atoms with Crippen LogP contribution in [0.1, 0.15) is 22.4 Å². The van der Waals surface area contributed by atoms with Crippen LogP contribution in [-0.4, -0.2) is 59.0 Å². The zero-order valence-corrected chi connectivity index (χ0v) is 18.0. The number of ether oxygens (including phenoxy) is 1. The minimum Gasteiger partial charge on any atom is -0.467 e. The molecular formula is C22H23F4N5O2. The molecule has 11 heteroatoms. The monoisotopic (exact) mass is 465 g/mol. The topological polar surface area (TPSA) is 61.8 Å². The van der Waals surface area contributed by atoms with Gasteiger partial charge in [-0.2, -0.15) is 23.1 Å². The van der Waals surface area contributed by atoms with E-state index in [1.807, 2.05) is 9.80 Å². The highest BCUT2D eigenvalue weighted by atomic mass is 19.4. The zero-order valence-electron chi connectivity index (χ0n) is 18.0. The van der Waals surface area contributed by atoms with Crippen LogP contribution in [-0.2, 0) is 30.6 Å². The third-order valence-corrected chi connectivity index (χ3v) is 5.80. The molecule has 1 fully saturated rings. The fourth-order valence-electron chi connectivity index (χ4n) is 4.21. The average molecular weight is 465 g/mol. The second kappa shape index (κ2) is 8.97. The van der Waals surface area contributed by atoms with Crippen LogP contribution in [0.5, 0.6) is 6.01 Å². The Morgan fingerprint density at radius 3 is 2.45 bits per heavy atom. The summed E-state index contributed by atoms with van der Waals surface area (Å²) >= 11 is 0. The summed E-state index contributed by atoms with van der Waals surface area (Å²) in [5.41, 5.74) is 1.05. The summed E-state index contributed by atoms with van der Waals surface area (Å²) in [5.74, 6) is -1.10. The summed E-state index contributed by atoms with van der Waals surface area (Å²) in [5, 5.41) is 0. The molecule has 176 valence electrons. The van der Waals surface area contributed by atoms with Gasteiger partial charge in [-0.05, 0) is 11.6 Å². The number of carbonyl (C=O) groups excluding carboxylic acids is 1. The van der Waals surface area contributed by atoms with Gasteiger partial charge in [-0.25, -0.2) is 4.39 Å². The standard InChI is InChI=1S/C22H23F4N5O2/c1-14(23)20(32)31-9-7-30(8-10-31)19-16-12-29(13-18(16)27-21(28-19)33-2)11-15-5-3-4-6-17(15)22(24,25)26/h3-6H,1,7-13H2,2H3. The SMILES string of the molecule is C=C(F)C(=O)N1CCN(c2nc(OC)nc3c2CN(Cc2ccccc2C(F)(F)F)C3)CC1. The van der Waals surface area contributed by atoms with Crippen molar-refractivity contribution >= 4 is 11.7 Å². The third-order valence-electron chi connectivity index (χ3n) is 5.80. The number of halogens is 4. The van der Waals surface area contributed by atoms with Crippen LogP contribution < -0.4 is 9.64 Å².